The number of esters is 1. The van der Waals surface area contributed by atoms with Gasteiger partial charge in [0, 0.05) is 0 Å². The Morgan fingerprint density at radius 3 is 2.12 bits per heavy atom. The maximum Gasteiger partial charge on any atom is 0.455 e. The van der Waals surface area contributed by atoms with Crippen LogP contribution in [0.15, 0.2) is 0 Å². The van der Waals surface area contributed by atoms with Gasteiger partial charge in [-0.05, 0) is 13.8 Å². The van der Waals surface area contributed by atoms with Gasteiger partial charge >= 0.3 is 30.2 Å². The molecule has 2 saturated heterocycles. The molecule has 26 heavy (non-hydrogen) atoms. The second-order valence-corrected chi connectivity index (χ2v) is 5.77. The van der Waals surface area contributed by atoms with Crippen molar-refractivity contribution in [3.05, 3.63) is 0 Å². The van der Waals surface area contributed by atoms with E-state index in [2.05, 4.69) is 14.2 Å². The minimum Gasteiger partial charge on any atom is -0.456 e. The van der Waals surface area contributed by atoms with Crippen molar-refractivity contribution in [2.24, 2.45) is 0 Å². The molecule has 0 radical (unpaired) electrons. The lowest BCUT2D eigenvalue weighted by molar-refractivity contribution is -0.367. The monoisotopic (exact) mass is 404 g/mol. The predicted molar refractivity (Wildman–Crippen MR) is 61.6 cm³/mol. The lowest BCUT2D eigenvalue weighted by Crippen LogP contribution is -2.56. The molecular formula is C12H12F8O6. The third-order valence-corrected chi connectivity index (χ3v) is 3.35. The van der Waals surface area contributed by atoms with Crippen LogP contribution in [-0.4, -0.2) is 61.4 Å². The smallest absolute Gasteiger partial charge is 0.455 e. The van der Waals surface area contributed by atoms with E-state index in [1.165, 1.54) is 6.92 Å². The van der Waals surface area contributed by atoms with Crippen LogP contribution >= 0.6 is 0 Å². The maximum atomic E-state index is 13.3. The zero-order valence-corrected chi connectivity index (χ0v) is 13.0. The number of carbonyl (C=O) groups excluding carboxylic acids is 1. The van der Waals surface area contributed by atoms with E-state index < -0.39 is 54.8 Å². The molecule has 4 unspecified atom stereocenters. The van der Waals surface area contributed by atoms with Crippen LogP contribution in [0.4, 0.5) is 35.1 Å². The molecule has 14 heteroatoms. The number of halogens is 8. The molecule has 4 atom stereocenters. The van der Waals surface area contributed by atoms with Crippen molar-refractivity contribution >= 4 is 5.97 Å². The fourth-order valence-corrected chi connectivity index (χ4v) is 2.25. The molecule has 0 aromatic rings. The van der Waals surface area contributed by atoms with Gasteiger partial charge in [0.1, 0.15) is 6.61 Å². The second-order valence-electron chi connectivity index (χ2n) is 5.77. The molecule has 152 valence electrons. The van der Waals surface area contributed by atoms with Gasteiger partial charge in [-0.25, -0.2) is 4.79 Å². The van der Waals surface area contributed by atoms with E-state index in [1.54, 1.807) is 0 Å². The molecule has 0 aliphatic carbocycles. The lowest BCUT2D eigenvalue weighted by atomic mass is 10.2. The zero-order valence-electron chi connectivity index (χ0n) is 13.0. The summed E-state index contributed by atoms with van der Waals surface area (Å²) in [5.41, 5.74) is 0. The average molecular weight is 404 g/mol. The van der Waals surface area contributed by atoms with Gasteiger partial charge in [-0.1, -0.05) is 0 Å². The molecule has 0 saturated carbocycles. The number of alkyl halides is 8. The van der Waals surface area contributed by atoms with Crippen molar-refractivity contribution in [3.8, 4) is 0 Å². The minimum absolute atomic E-state index is 0.0142. The van der Waals surface area contributed by atoms with Crippen molar-refractivity contribution in [3.63, 3.8) is 0 Å². The summed E-state index contributed by atoms with van der Waals surface area (Å²) >= 11 is 0. The molecule has 2 heterocycles. The third-order valence-electron chi connectivity index (χ3n) is 3.35. The molecule has 2 rings (SSSR count). The first-order chi connectivity index (χ1) is 11.5. The van der Waals surface area contributed by atoms with E-state index in [1.807, 2.05) is 0 Å². The van der Waals surface area contributed by atoms with Crippen molar-refractivity contribution in [2.75, 3.05) is 13.2 Å². The summed E-state index contributed by atoms with van der Waals surface area (Å²) < 4.78 is 124. The van der Waals surface area contributed by atoms with Crippen molar-refractivity contribution in [1.82, 2.24) is 0 Å². The van der Waals surface area contributed by atoms with E-state index >= 15 is 0 Å². The molecule has 2 aliphatic rings. The SMILES string of the molecule is CC1COC(C)(COC(=O)C2(C(F)(F)F)OC(C(F)(F)F)C(F)(F)O2)O1. The Morgan fingerprint density at radius 1 is 1.15 bits per heavy atom. The molecule has 0 bridgehead atoms. The Balaban J connectivity index is 2.24. The van der Waals surface area contributed by atoms with Gasteiger partial charge in [0.25, 0.3) is 0 Å². The number of rotatable bonds is 3. The van der Waals surface area contributed by atoms with Crippen LogP contribution in [0, 0.1) is 0 Å². The van der Waals surface area contributed by atoms with Gasteiger partial charge in [0.05, 0.1) is 12.7 Å². The Hall–Kier alpha value is -1.25. The topological polar surface area (TPSA) is 63.2 Å². The zero-order chi connectivity index (χ0) is 20.2. The number of carbonyl (C=O) groups is 1. The number of hydrogen-bond donors (Lipinski definition) is 0. The van der Waals surface area contributed by atoms with Crippen LogP contribution < -0.4 is 0 Å². The van der Waals surface area contributed by atoms with E-state index in [9.17, 15) is 39.9 Å². The van der Waals surface area contributed by atoms with Gasteiger partial charge < -0.3 is 18.9 Å². The summed E-state index contributed by atoms with van der Waals surface area (Å²) in [5, 5.41) is 0. The standard InChI is InChI=1S/C12H12F8O6/c1-5-3-23-8(2,24-5)4-22-7(21)9(12(18,19)20)25-6(10(13,14)15)11(16,17)26-9/h5-6H,3-4H2,1-2H3. The Bertz CT molecular complexity index is 563. The van der Waals surface area contributed by atoms with Gasteiger partial charge in [0.2, 0.25) is 6.10 Å². The highest BCUT2D eigenvalue weighted by atomic mass is 19.4. The van der Waals surface area contributed by atoms with Gasteiger partial charge in [0.15, 0.2) is 5.79 Å². The van der Waals surface area contributed by atoms with Gasteiger partial charge in [-0.15, -0.1) is 0 Å². The Kier molecular flexibility index (Phi) is 4.97. The summed E-state index contributed by atoms with van der Waals surface area (Å²) in [6, 6.07) is 0. The van der Waals surface area contributed by atoms with Crippen LogP contribution in [0.2, 0.25) is 0 Å². The summed E-state index contributed by atoms with van der Waals surface area (Å²) in [5.74, 6) is -9.33. The van der Waals surface area contributed by atoms with Crippen molar-refractivity contribution in [1.29, 1.82) is 0 Å². The van der Waals surface area contributed by atoms with Crippen LogP contribution in [0.5, 0.6) is 0 Å². The maximum absolute atomic E-state index is 13.3. The molecule has 0 aromatic carbocycles. The number of ether oxygens (including phenoxy) is 5. The first-order valence-corrected chi connectivity index (χ1v) is 6.91. The Morgan fingerprint density at radius 2 is 1.73 bits per heavy atom. The largest absolute Gasteiger partial charge is 0.456 e. The fourth-order valence-electron chi connectivity index (χ4n) is 2.25. The van der Waals surface area contributed by atoms with E-state index in [4.69, 9.17) is 9.47 Å². The van der Waals surface area contributed by atoms with Crippen molar-refractivity contribution < 1.29 is 63.6 Å². The Labute approximate surface area is 140 Å². The van der Waals surface area contributed by atoms with Gasteiger partial charge in [-0.3, -0.25) is 4.74 Å². The van der Waals surface area contributed by atoms with E-state index in [-0.39, 0.29) is 6.61 Å². The summed E-state index contributed by atoms with van der Waals surface area (Å²) in [7, 11) is 0. The first-order valence-electron chi connectivity index (χ1n) is 6.91. The molecule has 2 fully saturated rings. The van der Waals surface area contributed by atoms with E-state index in [0.29, 0.717) is 0 Å². The first kappa shape index (κ1) is 21.1. The quantitative estimate of drug-likeness (QED) is 0.532. The highest BCUT2D eigenvalue weighted by Gasteiger charge is 2.80. The molecule has 0 amide bonds. The predicted octanol–water partition coefficient (Wildman–Crippen LogP) is 2.51. The second kappa shape index (κ2) is 6.14. The molecule has 2 aliphatic heterocycles. The molecule has 6 nitrogen and oxygen atoms in total. The lowest BCUT2D eigenvalue weighted by Gasteiger charge is -2.29. The normalized spacial score (nSPS) is 37.8. The highest BCUT2D eigenvalue weighted by Crippen LogP contribution is 2.52. The van der Waals surface area contributed by atoms with Crippen molar-refractivity contribution in [2.45, 2.75) is 56.1 Å². The highest BCUT2D eigenvalue weighted by molar-refractivity contribution is 5.79. The number of hydrogen-bond acceptors (Lipinski definition) is 6. The van der Waals surface area contributed by atoms with Crippen LogP contribution in [-0.2, 0) is 28.5 Å². The summed E-state index contributed by atoms with van der Waals surface area (Å²) in [4.78, 5) is 11.8. The third kappa shape index (κ3) is 3.73. The average Bonchev–Trinajstić information content (AvgIpc) is 2.93. The summed E-state index contributed by atoms with van der Waals surface area (Å²) in [6.45, 7) is 1.62. The van der Waals surface area contributed by atoms with E-state index in [0.717, 1.165) is 6.92 Å². The molecule has 0 spiro atoms. The fraction of sp³-hybridized carbons (Fsp3) is 0.917. The van der Waals surface area contributed by atoms with Crippen LogP contribution in [0.1, 0.15) is 13.8 Å². The molecule has 0 aromatic heterocycles. The molecular weight excluding hydrogens is 392 g/mol. The van der Waals surface area contributed by atoms with Crippen LogP contribution in [0.3, 0.4) is 0 Å². The minimum atomic E-state index is -6.10. The molecule has 0 N–H and O–H groups in total. The van der Waals surface area contributed by atoms with Gasteiger partial charge in [-0.2, -0.15) is 35.1 Å². The summed E-state index contributed by atoms with van der Waals surface area (Å²) in [6.07, 6.45) is -22.4. The van der Waals surface area contributed by atoms with Crippen LogP contribution in [0.25, 0.3) is 0 Å².